The van der Waals surface area contributed by atoms with Crippen molar-refractivity contribution in [3.05, 3.63) is 50.4 Å². The van der Waals surface area contributed by atoms with E-state index in [0.29, 0.717) is 16.2 Å². The molecule has 1 aliphatic heterocycles. The fourth-order valence-corrected chi connectivity index (χ4v) is 3.68. The largest absolute Gasteiger partial charge is 0.496 e. The lowest BCUT2D eigenvalue weighted by Gasteiger charge is -2.32. The van der Waals surface area contributed by atoms with E-state index in [1.807, 2.05) is 39.8 Å². The Kier molecular flexibility index (Phi) is 4.99. The molecule has 0 unspecified atom stereocenters. The summed E-state index contributed by atoms with van der Waals surface area (Å²) in [5.41, 5.74) is -0.589. The van der Waals surface area contributed by atoms with Gasteiger partial charge in [0.25, 0.3) is 5.56 Å². The molecule has 0 saturated carbocycles. The Morgan fingerprint density at radius 3 is 2.32 bits per heavy atom. The van der Waals surface area contributed by atoms with Gasteiger partial charge < -0.3 is 14.6 Å². The minimum atomic E-state index is -0.643. The van der Waals surface area contributed by atoms with Crippen molar-refractivity contribution in [2.24, 2.45) is 14.1 Å². The van der Waals surface area contributed by atoms with Crippen molar-refractivity contribution >= 4 is 46.7 Å². The maximum Gasteiger partial charge on any atom is 0.496 e. The fourth-order valence-electron chi connectivity index (χ4n) is 3.42. The molecule has 4 rings (SSSR count). The first-order valence-electron chi connectivity index (χ1n) is 9.76. The molecular weight excluding hydrogens is 421 g/mol. The molecule has 0 atom stereocenters. The number of hydrogen-bond acceptors (Lipinski definition) is 7. The maximum atomic E-state index is 12.8. The number of nitrogens with one attached hydrogen (secondary N) is 1. The topological polar surface area (TPSA) is 100 Å². The van der Waals surface area contributed by atoms with Crippen molar-refractivity contribution in [2.75, 3.05) is 5.32 Å². The average Bonchev–Trinajstić information content (AvgIpc) is 2.93. The van der Waals surface area contributed by atoms with Crippen molar-refractivity contribution in [1.82, 2.24) is 19.1 Å². The number of hydrogen-bond donors (Lipinski definition) is 1. The summed E-state index contributed by atoms with van der Waals surface area (Å²) in [6.07, 6.45) is 1.29. The van der Waals surface area contributed by atoms with Crippen LogP contribution in [0, 0.1) is 0 Å². The number of benzene rings is 1. The smallest absolute Gasteiger partial charge is 0.399 e. The summed E-state index contributed by atoms with van der Waals surface area (Å²) in [4.78, 5) is 33.3. The predicted octanol–water partition coefficient (Wildman–Crippen LogP) is 1.72. The van der Waals surface area contributed by atoms with Crippen LogP contribution in [0.2, 0.25) is 5.02 Å². The van der Waals surface area contributed by atoms with Crippen LogP contribution in [0.15, 0.2) is 34.1 Å². The highest BCUT2D eigenvalue weighted by Crippen LogP contribution is 2.37. The lowest BCUT2D eigenvalue weighted by molar-refractivity contribution is 0.00578. The summed E-state index contributed by atoms with van der Waals surface area (Å²) < 4.78 is 14.5. The summed E-state index contributed by atoms with van der Waals surface area (Å²) in [7, 11) is 2.31. The Hall–Kier alpha value is -2.69. The molecule has 0 aliphatic carbocycles. The van der Waals surface area contributed by atoms with Gasteiger partial charge in [0.05, 0.1) is 21.9 Å². The highest BCUT2D eigenvalue weighted by Gasteiger charge is 2.52. The van der Waals surface area contributed by atoms with Gasteiger partial charge in [-0.2, -0.15) is 0 Å². The van der Waals surface area contributed by atoms with Crippen LogP contribution in [0.1, 0.15) is 27.7 Å². The molecule has 0 spiro atoms. The van der Waals surface area contributed by atoms with E-state index in [2.05, 4.69) is 15.3 Å². The number of nitrogens with zero attached hydrogens (tertiary/aromatic N) is 4. The highest BCUT2D eigenvalue weighted by molar-refractivity contribution is 6.66. The SMILES string of the molecule is Cn1c(=O)c2c(Nc3cccc(B4OC(C)(C)C(C)(C)O4)c3Cl)ncnc2n(C)c1=O. The molecule has 0 radical (unpaired) electrons. The predicted molar refractivity (Wildman–Crippen MR) is 120 cm³/mol. The molecule has 3 heterocycles. The van der Waals surface area contributed by atoms with Gasteiger partial charge in [0, 0.05) is 19.6 Å². The third-order valence-electron chi connectivity index (χ3n) is 6.03. The summed E-state index contributed by atoms with van der Waals surface area (Å²) in [5, 5.41) is 3.68. The summed E-state index contributed by atoms with van der Waals surface area (Å²) in [5.74, 6) is 0.245. The second kappa shape index (κ2) is 7.18. The van der Waals surface area contributed by atoms with Crippen LogP contribution in [0.5, 0.6) is 0 Å². The van der Waals surface area contributed by atoms with Crippen molar-refractivity contribution in [3.63, 3.8) is 0 Å². The number of fused-ring (bicyclic) bond motifs is 1. The van der Waals surface area contributed by atoms with E-state index in [1.165, 1.54) is 17.9 Å². The van der Waals surface area contributed by atoms with Gasteiger partial charge >= 0.3 is 12.8 Å². The molecule has 0 amide bonds. The van der Waals surface area contributed by atoms with E-state index in [1.54, 1.807) is 13.1 Å². The summed E-state index contributed by atoms with van der Waals surface area (Å²) >= 11 is 6.70. The third-order valence-corrected chi connectivity index (χ3v) is 6.45. The van der Waals surface area contributed by atoms with Crippen LogP contribution >= 0.6 is 11.6 Å². The Morgan fingerprint density at radius 1 is 1.03 bits per heavy atom. The minimum absolute atomic E-state index is 0.184. The van der Waals surface area contributed by atoms with Crippen LogP contribution in [-0.4, -0.2) is 37.4 Å². The van der Waals surface area contributed by atoms with Gasteiger partial charge in [0.15, 0.2) is 5.65 Å². The van der Waals surface area contributed by atoms with E-state index in [0.717, 1.165) is 4.57 Å². The lowest BCUT2D eigenvalue weighted by Crippen LogP contribution is -2.41. The molecule has 31 heavy (non-hydrogen) atoms. The molecule has 1 aliphatic rings. The van der Waals surface area contributed by atoms with E-state index in [4.69, 9.17) is 20.9 Å². The number of aryl methyl sites for hydroxylation is 1. The first-order valence-corrected chi connectivity index (χ1v) is 10.1. The molecule has 1 aromatic carbocycles. The molecular formula is C20H23BClN5O4. The Balaban J connectivity index is 1.79. The summed E-state index contributed by atoms with van der Waals surface area (Å²) in [6, 6.07) is 5.40. The van der Waals surface area contributed by atoms with Gasteiger partial charge in [-0.15, -0.1) is 0 Å². The molecule has 3 aromatic rings. The first kappa shape index (κ1) is 21.5. The Bertz CT molecular complexity index is 1300. The van der Waals surface area contributed by atoms with Crippen molar-refractivity contribution in [1.29, 1.82) is 0 Å². The number of aromatic nitrogens is 4. The number of anilines is 2. The molecule has 162 valence electrons. The number of rotatable bonds is 3. The van der Waals surface area contributed by atoms with Crippen molar-refractivity contribution < 1.29 is 9.31 Å². The average molecular weight is 444 g/mol. The standard InChI is InChI=1S/C20H23BClN5O4/c1-19(2)20(3,4)31-21(30-19)11-8-7-9-12(14(11)22)25-15-13-16(24-10-23-15)26(5)18(29)27(6)17(13)28/h7-10H,1-6H3,(H,23,24,25). The molecule has 11 heteroatoms. The molecule has 1 N–H and O–H groups in total. The zero-order valence-corrected chi connectivity index (χ0v) is 18.9. The normalized spacial score (nSPS) is 17.3. The molecule has 1 fully saturated rings. The van der Waals surface area contributed by atoms with Crippen molar-refractivity contribution in [2.45, 2.75) is 38.9 Å². The second-order valence-electron chi connectivity index (χ2n) is 8.55. The molecule has 0 bridgehead atoms. The van der Waals surface area contributed by atoms with Gasteiger partial charge in [0.2, 0.25) is 0 Å². The van der Waals surface area contributed by atoms with Gasteiger partial charge in [-0.05, 0) is 33.8 Å². The van der Waals surface area contributed by atoms with Gasteiger partial charge in [-0.3, -0.25) is 13.9 Å². The Labute approximate surface area is 184 Å². The van der Waals surface area contributed by atoms with E-state index in [9.17, 15) is 9.59 Å². The fraction of sp³-hybridized carbons (Fsp3) is 0.400. The molecule has 2 aromatic heterocycles. The monoisotopic (exact) mass is 443 g/mol. The molecule has 9 nitrogen and oxygen atoms in total. The minimum Gasteiger partial charge on any atom is -0.399 e. The Morgan fingerprint density at radius 2 is 1.68 bits per heavy atom. The van der Waals surface area contributed by atoms with Gasteiger partial charge in [0.1, 0.15) is 17.5 Å². The van der Waals surface area contributed by atoms with Crippen molar-refractivity contribution in [3.8, 4) is 0 Å². The van der Waals surface area contributed by atoms with Gasteiger partial charge in [-0.25, -0.2) is 14.8 Å². The maximum absolute atomic E-state index is 12.8. The zero-order valence-electron chi connectivity index (χ0n) is 18.2. The summed E-state index contributed by atoms with van der Waals surface area (Å²) in [6.45, 7) is 7.87. The first-order chi connectivity index (χ1) is 14.4. The van der Waals surface area contributed by atoms with Crippen LogP contribution in [0.4, 0.5) is 11.5 Å². The molecule has 1 saturated heterocycles. The van der Waals surface area contributed by atoms with Crippen LogP contribution in [0.3, 0.4) is 0 Å². The van der Waals surface area contributed by atoms with E-state index >= 15 is 0 Å². The lowest BCUT2D eigenvalue weighted by atomic mass is 9.79. The quantitative estimate of drug-likeness (QED) is 0.615. The van der Waals surface area contributed by atoms with Crippen LogP contribution in [0.25, 0.3) is 11.0 Å². The van der Waals surface area contributed by atoms with E-state index < -0.39 is 29.6 Å². The van der Waals surface area contributed by atoms with E-state index in [-0.39, 0.29) is 16.9 Å². The van der Waals surface area contributed by atoms with Gasteiger partial charge in [-0.1, -0.05) is 23.7 Å². The second-order valence-corrected chi connectivity index (χ2v) is 8.93. The van der Waals surface area contributed by atoms with Crippen LogP contribution in [-0.2, 0) is 23.4 Å². The van der Waals surface area contributed by atoms with Crippen LogP contribution < -0.4 is 22.0 Å². The third kappa shape index (κ3) is 3.35. The number of halogens is 1. The highest BCUT2D eigenvalue weighted by atomic mass is 35.5. The zero-order chi connectivity index (χ0) is 22.7.